The predicted octanol–water partition coefficient (Wildman–Crippen LogP) is 2.50. The number of amides is 1. The standard InChI is InChI=1S/C16H15N3O3S/c1-2-19-8-6-11-12(15(19)21)4-3-5-13(11)22-10-14(20)18-16-17-7-9-23-16/h3-9H,2,10H2,1H3,(H,17,18,20). The number of nitrogens with one attached hydrogen (secondary N) is 1. The van der Waals surface area contributed by atoms with Crippen LogP contribution in [0.15, 0.2) is 46.8 Å². The van der Waals surface area contributed by atoms with Gasteiger partial charge >= 0.3 is 0 Å². The number of carbonyl (C=O) groups excluding carboxylic acids is 1. The Morgan fingerprint density at radius 1 is 1.35 bits per heavy atom. The fraction of sp³-hybridized carbons (Fsp3) is 0.188. The number of carbonyl (C=O) groups is 1. The van der Waals surface area contributed by atoms with Crippen molar-refractivity contribution in [3.63, 3.8) is 0 Å². The first-order chi connectivity index (χ1) is 11.2. The quantitative estimate of drug-likeness (QED) is 0.780. The van der Waals surface area contributed by atoms with Crippen LogP contribution in [0.3, 0.4) is 0 Å². The van der Waals surface area contributed by atoms with Crippen LogP contribution in [0.25, 0.3) is 10.8 Å². The van der Waals surface area contributed by atoms with Crippen LogP contribution in [0.1, 0.15) is 6.92 Å². The molecule has 3 aromatic rings. The van der Waals surface area contributed by atoms with Crippen LogP contribution in [0.5, 0.6) is 5.75 Å². The molecular weight excluding hydrogens is 314 g/mol. The molecular formula is C16H15N3O3S. The zero-order valence-corrected chi connectivity index (χ0v) is 13.3. The third-order valence-corrected chi connectivity index (χ3v) is 4.05. The molecule has 2 aromatic heterocycles. The average Bonchev–Trinajstić information content (AvgIpc) is 3.06. The number of thiazole rings is 1. The third kappa shape index (κ3) is 3.24. The van der Waals surface area contributed by atoms with Gasteiger partial charge in [0.2, 0.25) is 0 Å². The molecule has 3 rings (SSSR count). The Morgan fingerprint density at radius 2 is 2.22 bits per heavy atom. The van der Waals surface area contributed by atoms with Gasteiger partial charge in [-0.15, -0.1) is 11.3 Å². The van der Waals surface area contributed by atoms with Gasteiger partial charge in [-0.3, -0.25) is 14.9 Å². The predicted molar refractivity (Wildman–Crippen MR) is 90.1 cm³/mol. The van der Waals surface area contributed by atoms with E-state index in [0.29, 0.717) is 28.2 Å². The fourth-order valence-corrected chi connectivity index (χ4v) is 2.79. The summed E-state index contributed by atoms with van der Waals surface area (Å²) in [6.07, 6.45) is 3.35. The number of hydrogen-bond donors (Lipinski definition) is 1. The van der Waals surface area contributed by atoms with Crippen molar-refractivity contribution in [2.45, 2.75) is 13.5 Å². The van der Waals surface area contributed by atoms with Gasteiger partial charge in [-0.1, -0.05) is 6.07 Å². The molecule has 0 saturated carbocycles. The lowest BCUT2D eigenvalue weighted by Crippen LogP contribution is -2.21. The molecule has 1 amide bonds. The van der Waals surface area contributed by atoms with Crippen LogP contribution >= 0.6 is 11.3 Å². The summed E-state index contributed by atoms with van der Waals surface area (Å²) in [6.45, 7) is 2.38. The van der Waals surface area contributed by atoms with Gasteiger partial charge in [-0.05, 0) is 25.1 Å². The van der Waals surface area contributed by atoms with Gasteiger partial charge in [0, 0.05) is 29.7 Å². The number of hydrogen-bond acceptors (Lipinski definition) is 5. The van der Waals surface area contributed by atoms with Crippen molar-refractivity contribution in [2.75, 3.05) is 11.9 Å². The summed E-state index contributed by atoms with van der Waals surface area (Å²) in [7, 11) is 0. The number of nitrogens with zero attached hydrogens (tertiary/aromatic N) is 2. The van der Waals surface area contributed by atoms with E-state index in [0.717, 1.165) is 0 Å². The monoisotopic (exact) mass is 329 g/mol. The summed E-state index contributed by atoms with van der Waals surface area (Å²) in [6, 6.07) is 7.08. The topological polar surface area (TPSA) is 73.2 Å². The van der Waals surface area contributed by atoms with Crippen molar-refractivity contribution in [3.05, 3.63) is 52.4 Å². The van der Waals surface area contributed by atoms with Crippen molar-refractivity contribution >= 4 is 33.1 Å². The lowest BCUT2D eigenvalue weighted by Gasteiger charge is -2.10. The molecule has 0 radical (unpaired) electrons. The van der Waals surface area contributed by atoms with Gasteiger partial charge in [0.1, 0.15) is 5.75 Å². The lowest BCUT2D eigenvalue weighted by atomic mass is 10.1. The van der Waals surface area contributed by atoms with Gasteiger partial charge in [0.05, 0.1) is 5.39 Å². The number of fused-ring (bicyclic) bond motifs is 1. The first-order valence-electron chi connectivity index (χ1n) is 7.13. The summed E-state index contributed by atoms with van der Waals surface area (Å²) in [5, 5.41) is 6.23. The summed E-state index contributed by atoms with van der Waals surface area (Å²) >= 11 is 1.34. The number of aromatic nitrogens is 2. The van der Waals surface area contributed by atoms with Gasteiger partial charge in [0.15, 0.2) is 11.7 Å². The Kier molecular flexibility index (Phi) is 4.38. The van der Waals surface area contributed by atoms with E-state index in [1.165, 1.54) is 11.3 Å². The molecule has 0 saturated heterocycles. The molecule has 0 fully saturated rings. The Hall–Kier alpha value is -2.67. The number of pyridine rings is 1. The zero-order valence-electron chi connectivity index (χ0n) is 12.5. The van der Waals surface area contributed by atoms with E-state index in [2.05, 4.69) is 10.3 Å². The maximum absolute atomic E-state index is 12.3. The SMILES string of the molecule is CCn1ccc2c(OCC(=O)Nc3nccs3)cccc2c1=O. The summed E-state index contributed by atoms with van der Waals surface area (Å²) in [4.78, 5) is 28.1. The van der Waals surface area contributed by atoms with Gasteiger partial charge < -0.3 is 9.30 Å². The number of anilines is 1. The zero-order chi connectivity index (χ0) is 16.2. The minimum atomic E-state index is -0.293. The molecule has 0 unspecified atom stereocenters. The summed E-state index contributed by atoms with van der Waals surface area (Å²) in [5.41, 5.74) is -0.0670. The largest absolute Gasteiger partial charge is 0.483 e. The molecule has 2 heterocycles. The molecule has 6 nitrogen and oxygen atoms in total. The van der Waals surface area contributed by atoms with Gasteiger partial charge in [-0.25, -0.2) is 4.98 Å². The molecule has 1 N–H and O–H groups in total. The average molecular weight is 329 g/mol. The molecule has 0 aliphatic carbocycles. The van der Waals surface area contributed by atoms with Crippen molar-refractivity contribution < 1.29 is 9.53 Å². The maximum Gasteiger partial charge on any atom is 0.264 e. The second-order valence-corrected chi connectivity index (χ2v) is 5.69. The Morgan fingerprint density at radius 3 is 2.96 bits per heavy atom. The second kappa shape index (κ2) is 6.62. The highest BCUT2D eigenvalue weighted by atomic mass is 32.1. The smallest absolute Gasteiger partial charge is 0.264 e. The molecule has 0 spiro atoms. The molecule has 23 heavy (non-hydrogen) atoms. The van der Waals surface area contributed by atoms with Crippen molar-refractivity contribution in [2.24, 2.45) is 0 Å². The molecule has 0 atom stereocenters. The van der Waals surface area contributed by atoms with Crippen LogP contribution in [0, 0.1) is 0 Å². The van der Waals surface area contributed by atoms with Gasteiger partial charge in [-0.2, -0.15) is 0 Å². The van der Waals surface area contributed by atoms with E-state index >= 15 is 0 Å². The minimum Gasteiger partial charge on any atom is -0.483 e. The van der Waals surface area contributed by atoms with E-state index in [1.807, 2.05) is 13.0 Å². The highest BCUT2D eigenvalue weighted by Crippen LogP contribution is 2.23. The number of benzene rings is 1. The maximum atomic E-state index is 12.3. The van der Waals surface area contributed by atoms with Crippen molar-refractivity contribution in [3.8, 4) is 5.75 Å². The molecule has 0 bridgehead atoms. The van der Waals surface area contributed by atoms with Crippen LogP contribution in [0.2, 0.25) is 0 Å². The van der Waals surface area contributed by atoms with E-state index in [1.54, 1.807) is 40.5 Å². The first kappa shape index (κ1) is 15.2. The lowest BCUT2D eigenvalue weighted by molar-refractivity contribution is -0.118. The summed E-state index contributed by atoms with van der Waals surface area (Å²) < 4.78 is 7.20. The molecule has 118 valence electrons. The molecule has 7 heteroatoms. The van der Waals surface area contributed by atoms with E-state index < -0.39 is 0 Å². The Balaban J connectivity index is 1.79. The van der Waals surface area contributed by atoms with Crippen LogP contribution in [0.4, 0.5) is 5.13 Å². The molecule has 0 aliphatic rings. The van der Waals surface area contributed by atoms with Crippen LogP contribution in [-0.4, -0.2) is 22.1 Å². The number of rotatable bonds is 5. The van der Waals surface area contributed by atoms with E-state index in [4.69, 9.17) is 4.74 Å². The van der Waals surface area contributed by atoms with Crippen molar-refractivity contribution in [1.29, 1.82) is 0 Å². The first-order valence-corrected chi connectivity index (χ1v) is 8.01. The molecule has 1 aromatic carbocycles. The van der Waals surface area contributed by atoms with Gasteiger partial charge in [0.25, 0.3) is 11.5 Å². The summed E-state index contributed by atoms with van der Waals surface area (Å²) in [5.74, 6) is 0.219. The van der Waals surface area contributed by atoms with Crippen LogP contribution in [-0.2, 0) is 11.3 Å². The second-order valence-electron chi connectivity index (χ2n) is 4.80. The number of aryl methyl sites for hydroxylation is 1. The van der Waals surface area contributed by atoms with Crippen LogP contribution < -0.4 is 15.6 Å². The highest BCUT2D eigenvalue weighted by Gasteiger charge is 2.09. The fourth-order valence-electron chi connectivity index (χ4n) is 2.25. The van der Waals surface area contributed by atoms with E-state index in [9.17, 15) is 9.59 Å². The third-order valence-electron chi connectivity index (χ3n) is 3.36. The number of ether oxygens (including phenoxy) is 1. The minimum absolute atomic E-state index is 0.0670. The molecule has 0 aliphatic heterocycles. The Labute approximate surface area is 136 Å². The van der Waals surface area contributed by atoms with E-state index in [-0.39, 0.29) is 18.1 Å². The van der Waals surface area contributed by atoms with Crippen molar-refractivity contribution in [1.82, 2.24) is 9.55 Å². The Bertz CT molecular complexity index is 887. The highest BCUT2D eigenvalue weighted by molar-refractivity contribution is 7.13. The normalized spacial score (nSPS) is 10.7.